The van der Waals surface area contributed by atoms with E-state index in [0.29, 0.717) is 5.82 Å². The average molecular weight is 803 g/mol. The molecule has 0 unspecified atom stereocenters. The van der Waals surface area contributed by atoms with Crippen molar-refractivity contribution in [1.82, 2.24) is 9.97 Å². The van der Waals surface area contributed by atoms with Gasteiger partial charge in [0.1, 0.15) is 0 Å². The van der Waals surface area contributed by atoms with Gasteiger partial charge >= 0.3 is 0 Å². The van der Waals surface area contributed by atoms with Crippen LogP contribution in [0.3, 0.4) is 0 Å². The zero-order chi connectivity index (χ0) is 42.1. The minimum absolute atomic E-state index is 0.163. The van der Waals surface area contributed by atoms with Gasteiger partial charge in [-0.15, -0.1) is 0 Å². The summed E-state index contributed by atoms with van der Waals surface area (Å²) in [6.07, 6.45) is 0. The van der Waals surface area contributed by atoms with Gasteiger partial charge < -0.3 is 0 Å². The number of fused-ring (bicyclic) bond motifs is 7. The van der Waals surface area contributed by atoms with E-state index in [1.165, 1.54) is 82.6 Å². The molecule has 63 heavy (non-hydrogen) atoms. The van der Waals surface area contributed by atoms with E-state index >= 15 is 0 Å². The van der Waals surface area contributed by atoms with Crippen LogP contribution in [0.1, 0.15) is 25.0 Å². The molecular weight excluding hydrogens is 761 g/mol. The van der Waals surface area contributed by atoms with Crippen LogP contribution in [0.15, 0.2) is 218 Å². The smallest absolute Gasteiger partial charge is 0.160 e. The van der Waals surface area contributed by atoms with Crippen LogP contribution in [0.2, 0.25) is 0 Å². The molecular formula is C61H42N2. The van der Waals surface area contributed by atoms with Gasteiger partial charge in [-0.3, -0.25) is 0 Å². The number of hydrogen-bond acceptors (Lipinski definition) is 2. The molecule has 0 N–H and O–H groups in total. The van der Waals surface area contributed by atoms with Crippen molar-refractivity contribution >= 4 is 32.3 Å². The van der Waals surface area contributed by atoms with Crippen LogP contribution in [-0.2, 0) is 5.41 Å². The van der Waals surface area contributed by atoms with Gasteiger partial charge in [-0.2, -0.15) is 0 Å². The summed E-state index contributed by atoms with van der Waals surface area (Å²) in [7, 11) is 0. The quantitative estimate of drug-likeness (QED) is 0.167. The molecule has 12 rings (SSSR count). The number of nitrogens with zero attached hydrogens (tertiary/aromatic N) is 2. The molecule has 0 fully saturated rings. The van der Waals surface area contributed by atoms with Crippen molar-refractivity contribution in [3.8, 4) is 78.4 Å². The van der Waals surface area contributed by atoms with Crippen molar-refractivity contribution in [1.29, 1.82) is 0 Å². The highest BCUT2D eigenvalue weighted by molar-refractivity contribution is 6.13. The van der Waals surface area contributed by atoms with E-state index in [9.17, 15) is 0 Å². The van der Waals surface area contributed by atoms with E-state index in [-0.39, 0.29) is 5.41 Å². The maximum Gasteiger partial charge on any atom is 0.160 e. The van der Waals surface area contributed by atoms with Gasteiger partial charge in [0.05, 0.1) is 11.4 Å². The first-order valence-electron chi connectivity index (χ1n) is 21.8. The standard InChI is InChI=1S/C61H42N2/c1-61(2)55-37-32-41-18-9-10-21-44(41)58(55)54-27-15-26-53(59(54)61)51-34-33-49(45-22-11-12-23-46(45)51)50-35-36-52(48-25-14-13-24-47(48)50)57-38-56(62-60(63-57)43-19-7-4-8-20-43)42-30-28-40(29-31-42)39-16-5-3-6-17-39/h3-38H,1-2H3. The highest BCUT2D eigenvalue weighted by atomic mass is 14.9. The first kappa shape index (κ1) is 36.9. The number of rotatable bonds is 6. The van der Waals surface area contributed by atoms with Crippen LogP contribution in [0, 0.1) is 0 Å². The zero-order valence-electron chi connectivity index (χ0n) is 35.2. The molecule has 0 saturated carbocycles. The van der Waals surface area contributed by atoms with Crippen molar-refractivity contribution in [3.63, 3.8) is 0 Å². The lowest BCUT2D eigenvalue weighted by Crippen LogP contribution is -2.16. The summed E-state index contributed by atoms with van der Waals surface area (Å²) in [6.45, 7) is 4.79. The summed E-state index contributed by atoms with van der Waals surface area (Å²) in [5, 5.41) is 7.42. The molecule has 0 spiro atoms. The first-order valence-corrected chi connectivity index (χ1v) is 21.8. The van der Waals surface area contributed by atoms with E-state index in [1.807, 2.05) is 18.2 Å². The summed E-state index contributed by atoms with van der Waals surface area (Å²) in [5.74, 6) is 0.705. The van der Waals surface area contributed by atoms with E-state index in [1.54, 1.807) is 0 Å². The molecule has 2 nitrogen and oxygen atoms in total. The summed E-state index contributed by atoms with van der Waals surface area (Å²) in [6, 6.07) is 79.0. The fourth-order valence-electron chi connectivity index (χ4n) is 10.3. The lowest BCUT2D eigenvalue weighted by Gasteiger charge is -2.25. The minimum Gasteiger partial charge on any atom is -0.228 e. The Morgan fingerprint density at radius 1 is 0.317 bits per heavy atom. The predicted molar refractivity (Wildman–Crippen MR) is 265 cm³/mol. The lowest BCUT2D eigenvalue weighted by atomic mass is 9.78. The second-order valence-electron chi connectivity index (χ2n) is 17.2. The van der Waals surface area contributed by atoms with E-state index in [4.69, 9.17) is 9.97 Å². The van der Waals surface area contributed by atoms with E-state index in [2.05, 4.69) is 214 Å². The predicted octanol–water partition coefficient (Wildman–Crippen LogP) is 16.2. The van der Waals surface area contributed by atoms with Crippen LogP contribution >= 0.6 is 0 Å². The Bertz CT molecular complexity index is 3570. The van der Waals surface area contributed by atoms with Crippen LogP contribution in [-0.4, -0.2) is 9.97 Å². The third-order valence-electron chi connectivity index (χ3n) is 13.3. The van der Waals surface area contributed by atoms with Gasteiger partial charge in [-0.05, 0) is 94.0 Å². The van der Waals surface area contributed by atoms with Crippen molar-refractivity contribution in [2.24, 2.45) is 0 Å². The molecule has 0 saturated heterocycles. The van der Waals surface area contributed by atoms with Gasteiger partial charge in [0.25, 0.3) is 0 Å². The van der Waals surface area contributed by atoms with Gasteiger partial charge in [0, 0.05) is 22.1 Å². The fourth-order valence-corrected chi connectivity index (χ4v) is 10.3. The Labute approximate surface area is 367 Å². The number of aromatic nitrogens is 2. The third kappa shape index (κ3) is 6.02. The number of benzene rings is 10. The van der Waals surface area contributed by atoms with Crippen molar-refractivity contribution < 1.29 is 0 Å². The molecule has 11 aromatic rings. The Balaban J connectivity index is 0.999. The Morgan fingerprint density at radius 3 is 1.44 bits per heavy atom. The molecule has 1 aliphatic carbocycles. The molecule has 0 atom stereocenters. The zero-order valence-corrected chi connectivity index (χ0v) is 35.2. The van der Waals surface area contributed by atoms with Crippen LogP contribution in [0.4, 0.5) is 0 Å². The summed E-state index contributed by atoms with van der Waals surface area (Å²) in [5.41, 5.74) is 17.6. The molecule has 2 heteroatoms. The maximum absolute atomic E-state index is 5.27. The average Bonchev–Trinajstić information content (AvgIpc) is 3.60. The molecule has 0 radical (unpaired) electrons. The second-order valence-corrected chi connectivity index (χ2v) is 17.2. The van der Waals surface area contributed by atoms with Crippen LogP contribution < -0.4 is 0 Å². The van der Waals surface area contributed by atoms with Crippen molar-refractivity contribution in [3.05, 3.63) is 230 Å². The Kier molecular flexibility index (Phi) is 8.55. The maximum atomic E-state index is 5.27. The first-order chi connectivity index (χ1) is 31.0. The van der Waals surface area contributed by atoms with E-state index in [0.717, 1.165) is 33.5 Å². The van der Waals surface area contributed by atoms with Crippen LogP contribution in [0.5, 0.6) is 0 Å². The Hall–Kier alpha value is -7.94. The topological polar surface area (TPSA) is 25.8 Å². The highest BCUT2D eigenvalue weighted by Gasteiger charge is 2.38. The minimum atomic E-state index is -0.163. The molecule has 1 aromatic heterocycles. The number of hydrogen-bond donors (Lipinski definition) is 0. The van der Waals surface area contributed by atoms with Crippen LogP contribution in [0.25, 0.3) is 111 Å². The van der Waals surface area contributed by atoms with Crippen molar-refractivity contribution in [2.45, 2.75) is 19.3 Å². The monoisotopic (exact) mass is 802 g/mol. The Morgan fingerprint density at radius 2 is 0.794 bits per heavy atom. The van der Waals surface area contributed by atoms with Gasteiger partial charge in [-0.1, -0.05) is 226 Å². The highest BCUT2D eigenvalue weighted by Crippen LogP contribution is 2.55. The molecule has 296 valence electrons. The van der Waals surface area contributed by atoms with Gasteiger partial charge in [0.15, 0.2) is 5.82 Å². The summed E-state index contributed by atoms with van der Waals surface area (Å²) < 4.78 is 0. The molecule has 0 aliphatic heterocycles. The largest absolute Gasteiger partial charge is 0.228 e. The SMILES string of the molecule is CC1(C)c2ccc3ccccc3c2-c2cccc(-c3ccc(-c4ccc(-c5cc(-c6ccc(-c7ccccc7)cc6)nc(-c6ccccc6)n5)c5ccccc45)c4ccccc34)c21. The van der Waals surface area contributed by atoms with Crippen molar-refractivity contribution in [2.75, 3.05) is 0 Å². The van der Waals surface area contributed by atoms with Gasteiger partial charge in [-0.25, -0.2) is 9.97 Å². The summed E-state index contributed by atoms with van der Waals surface area (Å²) >= 11 is 0. The van der Waals surface area contributed by atoms with Gasteiger partial charge in [0.2, 0.25) is 0 Å². The third-order valence-corrected chi connectivity index (χ3v) is 13.3. The fraction of sp³-hybridized carbons (Fsp3) is 0.0492. The molecule has 1 heterocycles. The summed E-state index contributed by atoms with van der Waals surface area (Å²) in [4.78, 5) is 10.4. The lowest BCUT2D eigenvalue weighted by molar-refractivity contribution is 0.662. The molecule has 10 aromatic carbocycles. The van der Waals surface area contributed by atoms with E-state index < -0.39 is 0 Å². The normalized spacial score (nSPS) is 12.7. The molecule has 0 amide bonds. The molecule has 0 bridgehead atoms. The second kappa shape index (κ2) is 14.6. The molecule has 1 aliphatic rings.